The summed E-state index contributed by atoms with van der Waals surface area (Å²) in [7, 11) is 0. The summed E-state index contributed by atoms with van der Waals surface area (Å²) < 4.78 is 4.96. The van der Waals surface area contributed by atoms with Crippen LogP contribution in [0.4, 0.5) is 0 Å². The highest BCUT2D eigenvalue weighted by atomic mass is 16.5. The Morgan fingerprint density at radius 2 is 1.65 bits per heavy atom. The van der Waals surface area contributed by atoms with Crippen molar-refractivity contribution in [3.63, 3.8) is 0 Å². The molecule has 0 aromatic carbocycles. The van der Waals surface area contributed by atoms with Gasteiger partial charge in [-0.05, 0) is 6.42 Å². The van der Waals surface area contributed by atoms with Crippen molar-refractivity contribution in [2.24, 2.45) is 16.5 Å². The maximum atomic E-state index is 11.1. The predicted octanol–water partition coefficient (Wildman–Crippen LogP) is 1.55. The lowest BCUT2D eigenvalue weighted by Gasteiger charge is -2.03. The highest BCUT2D eigenvalue weighted by Crippen LogP contribution is 2.06. The summed E-state index contributed by atoms with van der Waals surface area (Å²) in [6, 6.07) is 0. The van der Waals surface area contributed by atoms with Gasteiger partial charge in [-0.25, -0.2) is 4.99 Å². The third-order valence-corrected chi connectivity index (χ3v) is 2.40. The molecule has 0 aromatic heterocycles. The summed E-state index contributed by atoms with van der Waals surface area (Å²) in [5.74, 6) is -0.456. The van der Waals surface area contributed by atoms with Crippen LogP contribution < -0.4 is 11.5 Å². The molecule has 0 atom stereocenters. The van der Waals surface area contributed by atoms with Gasteiger partial charge in [-0.1, -0.05) is 45.4 Å². The van der Waals surface area contributed by atoms with Crippen molar-refractivity contribution >= 4 is 11.9 Å². The quantitative estimate of drug-likeness (QED) is 0.263. The third kappa shape index (κ3) is 12.7. The SMILES string of the molecule is CCCCCCCCCOC(=O)CN=C(N)N. The van der Waals surface area contributed by atoms with Crippen LogP contribution in [0, 0.1) is 0 Å². The maximum Gasteiger partial charge on any atom is 0.327 e. The first-order chi connectivity index (χ1) is 8.16. The molecule has 5 nitrogen and oxygen atoms in total. The second kappa shape index (κ2) is 11.2. The zero-order valence-electron chi connectivity index (χ0n) is 10.8. The Kier molecular flexibility index (Phi) is 10.4. The van der Waals surface area contributed by atoms with Crippen molar-refractivity contribution in [1.82, 2.24) is 0 Å². The molecule has 0 saturated carbocycles. The fourth-order valence-electron chi connectivity index (χ4n) is 1.45. The summed E-state index contributed by atoms with van der Waals surface area (Å²) >= 11 is 0. The number of esters is 1. The lowest BCUT2D eigenvalue weighted by atomic mass is 10.1. The normalized spacial score (nSPS) is 9.94. The molecule has 4 N–H and O–H groups in total. The fourth-order valence-corrected chi connectivity index (χ4v) is 1.45. The minimum absolute atomic E-state index is 0.0845. The largest absolute Gasteiger partial charge is 0.464 e. The van der Waals surface area contributed by atoms with E-state index in [2.05, 4.69) is 11.9 Å². The van der Waals surface area contributed by atoms with E-state index in [1.807, 2.05) is 0 Å². The molecule has 17 heavy (non-hydrogen) atoms. The highest BCUT2D eigenvalue weighted by Gasteiger charge is 2.00. The zero-order chi connectivity index (χ0) is 12.9. The van der Waals surface area contributed by atoms with Gasteiger partial charge in [0.15, 0.2) is 5.96 Å². The summed E-state index contributed by atoms with van der Waals surface area (Å²) in [4.78, 5) is 14.7. The number of guanidine groups is 1. The van der Waals surface area contributed by atoms with Crippen LogP contribution in [0.2, 0.25) is 0 Å². The number of hydrogen-bond donors (Lipinski definition) is 2. The number of hydrogen-bond acceptors (Lipinski definition) is 3. The molecule has 0 unspecified atom stereocenters. The number of nitrogens with two attached hydrogens (primary N) is 2. The molecule has 0 heterocycles. The van der Waals surface area contributed by atoms with Crippen LogP contribution in [0.5, 0.6) is 0 Å². The van der Waals surface area contributed by atoms with Gasteiger partial charge in [-0.15, -0.1) is 0 Å². The topological polar surface area (TPSA) is 90.7 Å². The average molecular weight is 243 g/mol. The van der Waals surface area contributed by atoms with E-state index in [0.717, 1.165) is 12.8 Å². The summed E-state index contributed by atoms with van der Waals surface area (Å²) in [6.07, 6.45) is 8.40. The Labute approximate surface area is 104 Å². The van der Waals surface area contributed by atoms with Crippen molar-refractivity contribution in [3.8, 4) is 0 Å². The van der Waals surface area contributed by atoms with E-state index in [0.29, 0.717) is 6.61 Å². The van der Waals surface area contributed by atoms with E-state index in [1.165, 1.54) is 32.1 Å². The molecule has 0 rings (SSSR count). The van der Waals surface area contributed by atoms with Crippen LogP contribution in [-0.4, -0.2) is 25.1 Å². The number of aliphatic imine (C=N–C) groups is 1. The Hall–Kier alpha value is -1.26. The molecule has 100 valence electrons. The molecule has 0 fully saturated rings. The van der Waals surface area contributed by atoms with Crippen molar-refractivity contribution in [2.45, 2.75) is 51.9 Å². The van der Waals surface area contributed by atoms with Gasteiger partial charge >= 0.3 is 5.97 Å². The number of carbonyl (C=O) groups is 1. The number of ether oxygens (including phenoxy) is 1. The van der Waals surface area contributed by atoms with Crippen LogP contribution >= 0.6 is 0 Å². The van der Waals surface area contributed by atoms with E-state index >= 15 is 0 Å². The van der Waals surface area contributed by atoms with E-state index in [1.54, 1.807) is 0 Å². The molecular formula is C12H25N3O2. The van der Waals surface area contributed by atoms with Gasteiger partial charge in [0.1, 0.15) is 6.54 Å². The lowest BCUT2D eigenvalue weighted by Crippen LogP contribution is -2.24. The Bertz CT molecular complexity index is 226. The van der Waals surface area contributed by atoms with Crippen molar-refractivity contribution < 1.29 is 9.53 Å². The van der Waals surface area contributed by atoms with Gasteiger partial charge < -0.3 is 16.2 Å². The van der Waals surface area contributed by atoms with Gasteiger partial charge in [0.2, 0.25) is 0 Å². The van der Waals surface area contributed by atoms with Crippen LogP contribution in [-0.2, 0) is 9.53 Å². The van der Waals surface area contributed by atoms with Crippen LogP contribution in [0.25, 0.3) is 0 Å². The average Bonchev–Trinajstić information content (AvgIpc) is 2.30. The van der Waals surface area contributed by atoms with E-state index < -0.39 is 0 Å². The summed E-state index contributed by atoms with van der Waals surface area (Å²) in [6.45, 7) is 2.58. The Morgan fingerprint density at radius 1 is 1.06 bits per heavy atom. The monoisotopic (exact) mass is 243 g/mol. The molecule has 0 amide bonds. The lowest BCUT2D eigenvalue weighted by molar-refractivity contribution is -0.141. The molecule has 0 aliphatic heterocycles. The second-order valence-electron chi connectivity index (χ2n) is 4.08. The van der Waals surface area contributed by atoms with Crippen molar-refractivity contribution in [3.05, 3.63) is 0 Å². The minimum atomic E-state index is -0.371. The maximum absolute atomic E-state index is 11.1. The van der Waals surface area contributed by atoms with Crippen molar-refractivity contribution in [2.75, 3.05) is 13.2 Å². The van der Waals surface area contributed by atoms with Crippen LogP contribution in [0.15, 0.2) is 4.99 Å². The standard InChI is InChI=1S/C12H25N3O2/c1-2-3-4-5-6-7-8-9-17-11(16)10-15-12(13)14/h2-10H2,1H3,(H4,13,14,15). The Morgan fingerprint density at radius 3 is 2.24 bits per heavy atom. The molecule has 0 radical (unpaired) electrons. The van der Waals surface area contributed by atoms with Gasteiger partial charge in [0.25, 0.3) is 0 Å². The van der Waals surface area contributed by atoms with Gasteiger partial charge in [0.05, 0.1) is 6.61 Å². The van der Waals surface area contributed by atoms with Gasteiger partial charge in [-0.3, -0.25) is 4.79 Å². The van der Waals surface area contributed by atoms with E-state index in [4.69, 9.17) is 16.2 Å². The first-order valence-electron chi connectivity index (χ1n) is 6.37. The number of rotatable bonds is 10. The first kappa shape index (κ1) is 15.7. The number of carbonyl (C=O) groups excluding carboxylic acids is 1. The molecule has 0 aromatic rings. The second-order valence-corrected chi connectivity index (χ2v) is 4.08. The molecule has 0 aliphatic rings. The van der Waals surface area contributed by atoms with E-state index in [9.17, 15) is 4.79 Å². The predicted molar refractivity (Wildman–Crippen MR) is 69.6 cm³/mol. The van der Waals surface area contributed by atoms with Gasteiger partial charge in [0, 0.05) is 0 Å². The molecule has 0 spiro atoms. The molecule has 0 aliphatic carbocycles. The molecule has 0 saturated heterocycles. The van der Waals surface area contributed by atoms with Crippen LogP contribution in [0.1, 0.15) is 51.9 Å². The van der Waals surface area contributed by atoms with Crippen LogP contribution in [0.3, 0.4) is 0 Å². The minimum Gasteiger partial charge on any atom is -0.464 e. The third-order valence-electron chi connectivity index (χ3n) is 2.40. The fraction of sp³-hybridized carbons (Fsp3) is 0.833. The Balaban J connectivity index is 3.22. The highest BCUT2D eigenvalue weighted by molar-refractivity contribution is 5.80. The zero-order valence-corrected chi connectivity index (χ0v) is 10.8. The summed E-state index contributed by atoms with van der Waals surface area (Å²) in [5.41, 5.74) is 10.2. The summed E-state index contributed by atoms with van der Waals surface area (Å²) in [5, 5.41) is 0. The molecule has 0 bridgehead atoms. The van der Waals surface area contributed by atoms with E-state index in [-0.39, 0.29) is 18.5 Å². The smallest absolute Gasteiger partial charge is 0.327 e. The first-order valence-corrected chi connectivity index (χ1v) is 6.37. The molecular weight excluding hydrogens is 218 g/mol. The molecule has 5 heteroatoms. The van der Waals surface area contributed by atoms with Crippen molar-refractivity contribution in [1.29, 1.82) is 0 Å². The number of nitrogens with zero attached hydrogens (tertiary/aromatic N) is 1. The number of unbranched alkanes of at least 4 members (excludes halogenated alkanes) is 6. The van der Waals surface area contributed by atoms with Gasteiger partial charge in [-0.2, -0.15) is 0 Å².